The van der Waals surface area contributed by atoms with Crippen molar-refractivity contribution in [1.82, 2.24) is 0 Å². The molecular weight excluding hydrogens is 316 g/mol. The Morgan fingerprint density at radius 1 is 0.808 bits per heavy atom. The summed E-state index contributed by atoms with van der Waals surface area (Å²) in [6.45, 7) is 0. The van der Waals surface area contributed by atoms with Gasteiger partial charge in [-0.15, -0.1) is 0 Å². The third-order valence-corrected chi connectivity index (χ3v) is 7.46. The molecule has 0 radical (unpaired) electrons. The number of phenols is 1. The molecule has 2 aromatic rings. The van der Waals surface area contributed by atoms with Crippen molar-refractivity contribution in [3.8, 4) is 16.9 Å². The molecule has 2 aromatic carbocycles. The van der Waals surface area contributed by atoms with E-state index in [0.29, 0.717) is 17.6 Å². The van der Waals surface area contributed by atoms with E-state index >= 15 is 0 Å². The van der Waals surface area contributed by atoms with Crippen LogP contribution in [-0.2, 0) is 0 Å². The second kappa shape index (κ2) is 6.76. The molecule has 3 unspecified atom stereocenters. The van der Waals surface area contributed by atoms with Crippen molar-refractivity contribution in [3.05, 3.63) is 53.6 Å². The fourth-order valence-electron chi connectivity index (χ4n) is 6.10. The zero-order valence-electron chi connectivity index (χ0n) is 15.7. The van der Waals surface area contributed by atoms with Crippen LogP contribution in [0.25, 0.3) is 11.1 Å². The maximum Gasteiger partial charge on any atom is 0.126 e. The summed E-state index contributed by atoms with van der Waals surface area (Å²) >= 11 is 0. The highest BCUT2D eigenvalue weighted by Gasteiger charge is 2.41. The molecule has 3 saturated carbocycles. The van der Waals surface area contributed by atoms with Crippen LogP contribution in [0.5, 0.6) is 5.75 Å². The van der Waals surface area contributed by atoms with E-state index in [4.69, 9.17) is 0 Å². The van der Waals surface area contributed by atoms with Crippen molar-refractivity contribution < 1.29 is 5.11 Å². The van der Waals surface area contributed by atoms with Gasteiger partial charge in [0.15, 0.2) is 0 Å². The maximum absolute atomic E-state index is 11.3. The number of phenolic OH excluding ortho intramolecular Hbond substituents is 1. The van der Waals surface area contributed by atoms with Gasteiger partial charge in [0, 0.05) is 5.56 Å². The Morgan fingerprint density at radius 2 is 1.62 bits per heavy atom. The summed E-state index contributed by atoms with van der Waals surface area (Å²) in [6.07, 6.45) is 12.2. The number of aromatic hydroxyl groups is 1. The normalized spacial score (nSPS) is 28.5. The topological polar surface area (TPSA) is 20.2 Å². The molecular formula is C25H30O. The number of hydrogen-bond donors (Lipinski definition) is 1. The number of rotatable bonds is 3. The minimum Gasteiger partial charge on any atom is -0.507 e. The highest BCUT2D eigenvalue weighted by molar-refractivity contribution is 5.73. The van der Waals surface area contributed by atoms with E-state index in [-0.39, 0.29) is 0 Å². The maximum atomic E-state index is 11.3. The minimum absolute atomic E-state index is 0.563. The molecule has 5 rings (SSSR count). The first kappa shape index (κ1) is 16.4. The highest BCUT2D eigenvalue weighted by atomic mass is 16.3. The van der Waals surface area contributed by atoms with Gasteiger partial charge in [-0.3, -0.25) is 0 Å². The van der Waals surface area contributed by atoms with Gasteiger partial charge in [0.25, 0.3) is 0 Å². The van der Waals surface area contributed by atoms with E-state index in [0.717, 1.165) is 23.0 Å². The Morgan fingerprint density at radius 3 is 2.31 bits per heavy atom. The lowest BCUT2D eigenvalue weighted by atomic mass is 9.77. The summed E-state index contributed by atoms with van der Waals surface area (Å²) < 4.78 is 0. The minimum atomic E-state index is 0.563. The molecule has 2 bridgehead atoms. The third kappa shape index (κ3) is 2.86. The Bertz CT molecular complexity index is 772. The van der Waals surface area contributed by atoms with Crippen LogP contribution < -0.4 is 0 Å². The average Bonchev–Trinajstić information content (AvgIpc) is 3.33. The van der Waals surface area contributed by atoms with Crippen molar-refractivity contribution >= 4 is 0 Å². The summed E-state index contributed by atoms with van der Waals surface area (Å²) in [5.41, 5.74) is 4.97. The van der Waals surface area contributed by atoms with Crippen molar-refractivity contribution in [3.63, 3.8) is 0 Å². The van der Waals surface area contributed by atoms with Gasteiger partial charge in [-0.25, -0.2) is 0 Å². The average molecular weight is 347 g/mol. The zero-order valence-corrected chi connectivity index (χ0v) is 15.7. The van der Waals surface area contributed by atoms with E-state index in [9.17, 15) is 5.11 Å². The van der Waals surface area contributed by atoms with Gasteiger partial charge >= 0.3 is 0 Å². The van der Waals surface area contributed by atoms with Gasteiger partial charge in [-0.2, -0.15) is 0 Å². The summed E-state index contributed by atoms with van der Waals surface area (Å²) in [6, 6.07) is 15.2. The molecule has 0 aromatic heterocycles. The zero-order chi connectivity index (χ0) is 17.5. The first-order valence-corrected chi connectivity index (χ1v) is 10.7. The van der Waals surface area contributed by atoms with Crippen molar-refractivity contribution in [2.75, 3.05) is 0 Å². The Balaban J connectivity index is 1.60. The predicted molar refractivity (Wildman–Crippen MR) is 108 cm³/mol. The number of fused-ring (bicyclic) bond motifs is 2. The monoisotopic (exact) mass is 346 g/mol. The molecule has 136 valence electrons. The van der Waals surface area contributed by atoms with Crippen LogP contribution in [0.15, 0.2) is 42.5 Å². The summed E-state index contributed by atoms with van der Waals surface area (Å²) in [5.74, 6) is 3.54. The van der Waals surface area contributed by atoms with Gasteiger partial charge in [0.1, 0.15) is 5.75 Å². The van der Waals surface area contributed by atoms with Crippen LogP contribution in [0, 0.1) is 11.8 Å². The standard InChI is InChI=1S/C25H30O/c26-25-23(19-9-5-2-6-10-19)15-21(18-7-3-1-4-8-18)16-24(25)22-14-17-11-12-20(22)13-17/h2,5-6,9-10,15-18,20,22,26H,1,3-4,7-8,11-14H2. The lowest BCUT2D eigenvalue weighted by Gasteiger charge is -2.28. The van der Waals surface area contributed by atoms with Gasteiger partial charge < -0.3 is 5.11 Å². The van der Waals surface area contributed by atoms with Crippen LogP contribution in [0.2, 0.25) is 0 Å². The Kier molecular flexibility index (Phi) is 4.27. The van der Waals surface area contributed by atoms with E-state index in [1.807, 2.05) is 0 Å². The van der Waals surface area contributed by atoms with Crippen LogP contribution in [0.3, 0.4) is 0 Å². The fraction of sp³-hybridized carbons (Fsp3) is 0.520. The molecule has 1 N–H and O–H groups in total. The SMILES string of the molecule is Oc1c(-c2ccccc2)cc(C2CCCCC2)cc1C1CC2CCC1C2. The molecule has 3 atom stereocenters. The van der Waals surface area contributed by atoms with Crippen molar-refractivity contribution in [2.24, 2.45) is 11.8 Å². The van der Waals surface area contributed by atoms with E-state index < -0.39 is 0 Å². The second-order valence-corrected chi connectivity index (χ2v) is 8.99. The first-order valence-electron chi connectivity index (χ1n) is 10.7. The molecule has 3 fully saturated rings. The number of benzene rings is 2. The summed E-state index contributed by atoms with van der Waals surface area (Å²) in [7, 11) is 0. The molecule has 0 saturated heterocycles. The molecule has 3 aliphatic carbocycles. The lowest BCUT2D eigenvalue weighted by Crippen LogP contribution is -2.11. The Labute approximate surface area is 157 Å². The molecule has 0 heterocycles. The molecule has 0 aliphatic heterocycles. The smallest absolute Gasteiger partial charge is 0.126 e. The van der Waals surface area contributed by atoms with Crippen molar-refractivity contribution in [1.29, 1.82) is 0 Å². The molecule has 1 heteroatoms. The summed E-state index contributed by atoms with van der Waals surface area (Å²) in [4.78, 5) is 0. The highest BCUT2D eigenvalue weighted by Crippen LogP contribution is 2.55. The van der Waals surface area contributed by atoms with E-state index in [1.54, 1.807) is 0 Å². The van der Waals surface area contributed by atoms with Gasteiger partial charge in [0.05, 0.1) is 0 Å². The van der Waals surface area contributed by atoms with Crippen LogP contribution in [0.4, 0.5) is 0 Å². The molecule has 1 nitrogen and oxygen atoms in total. The molecule has 0 spiro atoms. The predicted octanol–water partition coefficient (Wildman–Crippen LogP) is 7.01. The third-order valence-electron chi connectivity index (χ3n) is 7.46. The Hall–Kier alpha value is -1.76. The largest absolute Gasteiger partial charge is 0.507 e. The van der Waals surface area contributed by atoms with Crippen LogP contribution in [0.1, 0.15) is 80.8 Å². The summed E-state index contributed by atoms with van der Waals surface area (Å²) in [5, 5.41) is 11.3. The molecule has 26 heavy (non-hydrogen) atoms. The molecule has 0 amide bonds. The lowest BCUT2D eigenvalue weighted by molar-refractivity contribution is 0.396. The molecule has 3 aliphatic rings. The van der Waals surface area contributed by atoms with Crippen LogP contribution in [-0.4, -0.2) is 5.11 Å². The van der Waals surface area contributed by atoms with Gasteiger partial charge in [-0.05, 0) is 78.5 Å². The fourth-order valence-corrected chi connectivity index (χ4v) is 6.10. The van der Waals surface area contributed by atoms with Gasteiger partial charge in [0.2, 0.25) is 0 Å². The quantitative estimate of drug-likeness (QED) is 0.633. The first-order chi connectivity index (χ1) is 12.8. The van der Waals surface area contributed by atoms with Crippen LogP contribution >= 0.6 is 0 Å². The van der Waals surface area contributed by atoms with E-state index in [1.165, 1.54) is 68.9 Å². The number of hydrogen-bond acceptors (Lipinski definition) is 1. The second-order valence-electron chi connectivity index (χ2n) is 8.99. The van der Waals surface area contributed by atoms with Crippen molar-refractivity contribution in [2.45, 2.75) is 69.6 Å². The van der Waals surface area contributed by atoms with Gasteiger partial charge in [-0.1, -0.05) is 62.1 Å². The van der Waals surface area contributed by atoms with E-state index in [2.05, 4.69) is 42.5 Å².